The predicted molar refractivity (Wildman–Crippen MR) is 114 cm³/mol. The van der Waals surface area contributed by atoms with Gasteiger partial charge >= 0.3 is 0 Å². The van der Waals surface area contributed by atoms with Crippen LogP contribution in [0.5, 0.6) is 0 Å². The van der Waals surface area contributed by atoms with Crippen LogP contribution in [0.4, 0.5) is 0 Å². The van der Waals surface area contributed by atoms with Gasteiger partial charge < -0.3 is 19.7 Å². The summed E-state index contributed by atoms with van der Waals surface area (Å²) in [6.07, 6.45) is 7.74. The molecule has 154 valence electrons. The fraction of sp³-hybridized carbons (Fsp3) is 0.667. The van der Waals surface area contributed by atoms with Crippen LogP contribution in [0.3, 0.4) is 0 Å². The summed E-state index contributed by atoms with van der Waals surface area (Å²) in [5.41, 5.74) is 2.96. The molecule has 1 aromatic carbocycles. The van der Waals surface area contributed by atoms with Gasteiger partial charge in [0.2, 0.25) is 0 Å². The fourth-order valence-corrected chi connectivity index (χ4v) is 5.79. The van der Waals surface area contributed by atoms with Crippen LogP contribution in [0, 0.1) is 11.8 Å². The van der Waals surface area contributed by atoms with Gasteiger partial charge in [0.25, 0.3) is 0 Å². The number of para-hydroxylation sites is 1. The summed E-state index contributed by atoms with van der Waals surface area (Å²) in [6, 6.07) is 9.46. The zero-order valence-corrected chi connectivity index (χ0v) is 17.5. The van der Waals surface area contributed by atoms with E-state index in [0.717, 1.165) is 66.0 Å². The summed E-state index contributed by atoms with van der Waals surface area (Å²) in [7, 11) is 0. The van der Waals surface area contributed by atoms with E-state index in [1.54, 1.807) is 0 Å². The fourth-order valence-electron chi connectivity index (χ4n) is 5.79. The standard InChI is InChI=1S/C24H36N2O2/c1-17(2)18-7-9-19(10-8-18)25-13-11-20(12-14-25)26-23-6-4-3-5-21(23)22(15-27)24(26)16-28/h3-6,17-20,27-28H,7-16H2,1-2H3/t18-,19+. The number of nitrogens with zero attached hydrogens (tertiary/aromatic N) is 2. The van der Waals surface area contributed by atoms with Gasteiger partial charge in [-0.05, 0) is 56.4 Å². The van der Waals surface area contributed by atoms with Gasteiger partial charge in [-0.3, -0.25) is 0 Å². The Labute approximate surface area is 169 Å². The minimum Gasteiger partial charge on any atom is -0.392 e. The van der Waals surface area contributed by atoms with Crippen molar-refractivity contribution in [3.8, 4) is 0 Å². The smallest absolute Gasteiger partial charge is 0.0837 e. The lowest BCUT2D eigenvalue weighted by Gasteiger charge is -2.42. The average Bonchev–Trinajstić information content (AvgIpc) is 3.07. The molecule has 2 aromatic rings. The number of fused-ring (bicyclic) bond motifs is 1. The Kier molecular flexibility index (Phi) is 6.10. The Morgan fingerprint density at radius 1 is 0.893 bits per heavy atom. The number of likely N-dealkylation sites (tertiary alicyclic amines) is 1. The molecule has 4 heteroatoms. The molecule has 28 heavy (non-hydrogen) atoms. The largest absolute Gasteiger partial charge is 0.392 e. The molecule has 0 spiro atoms. The summed E-state index contributed by atoms with van der Waals surface area (Å²) in [4.78, 5) is 2.73. The number of piperidine rings is 1. The van der Waals surface area contributed by atoms with Crippen molar-refractivity contribution in [2.75, 3.05) is 13.1 Å². The highest BCUT2D eigenvalue weighted by atomic mass is 16.3. The number of aromatic nitrogens is 1. The highest BCUT2D eigenvalue weighted by Crippen LogP contribution is 2.37. The zero-order chi connectivity index (χ0) is 19.7. The van der Waals surface area contributed by atoms with E-state index in [4.69, 9.17) is 0 Å². The summed E-state index contributed by atoms with van der Waals surface area (Å²) >= 11 is 0. The number of hydrogen-bond acceptors (Lipinski definition) is 3. The van der Waals surface area contributed by atoms with Gasteiger partial charge in [-0.15, -0.1) is 0 Å². The van der Waals surface area contributed by atoms with E-state index in [2.05, 4.69) is 41.5 Å². The van der Waals surface area contributed by atoms with Crippen molar-refractivity contribution < 1.29 is 10.2 Å². The van der Waals surface area contributed by atoms with Crippen LogP contribution in [-0.4, -0.2) is 38.8 Å². The van der Waals surface area contributed by atoms with E-state index in [9.17, 15) is 10.2 Å². The van der Waals surface area contributed by atoms with Gasteiger partial charge in [0.1, 0.15) is 0 Å². The normalized spacial score (nSPS) is 25.0. The molecule has 1 aliphatic carbocycles. The Morgan fingerprint density at radius 3 is 2.18 bits per heavy atom. The number of benzene rings is 1. The Hall–Kier alpha value is -1.36. The van der Waals surface area contributed by atoms with Gasteiger partial charge in [0, 0.05) is 41.6 Å². The van der Waals surface area contributed by atoms with Crippen LogP contribution in [-0.2, 0) is 13.2 Å². The molecule has 2 N–H and O–H groups in total. The second-order valence-electron chi connectivity index (χ2n) is 9.21. The maximum atomic E-state index is 10.0. The lowest BCUT2D eigenvalue weighted by molar-refractivity contribution is 0.0880. The Bertz CT molecular complexity index is 781. The van der Waals surface area contributed by atoms with Crippen molar-refractivity contribution in [3.05, 3.63) is 35.5 Å². The van der Waals surface area contributed by atoms with E-state index < -0.39 is 0 Å². The molecular weight excluding hydrogens is 348 g/mol. The van der Waals surface area contributed by atoms with Crippen LogP contribution in [0.25, 0.3) is 10.9 Å². The molecule has 2 fully saturated rings. The minimum atomic E-state index is -0.0126. The third-order valence-electron chi connectivity index (χ3n) is 7.50. The van der Waals surface area contributed by atoms with Crippen molar-refractivity contribution >= 4 is 10.9 Å². The number of aliphatic hydroxyl groups is 2. The van der Waals surface area contributed by atoms with E-state index in [0.29, 0.717) is 6.04 Å². The average molecular weight is 385 g/mol. The SMILES string of the molecule is CC(C)[C@H]1CC[C@@H](N2CCC(n3c(CO)c(CO)c4ccccc43)CC2)CC1. The number of aliphatic hydroxyl groups excluding tert-OH is 2. The van der Waals surface area contributed by atoms with Crippen molar-refractivity contribution in [1.29, 1.82) is 0 Å². The lowest BCUT2D eigenvalue weighted by Crippen LogP contribution is -2.44. The third-order valence-corrected chi connectivity index (χ3v) is 7.50. The molecule has 4 rings (SSSR count). The van der Waals surface area contributed by atoms with Gasteiger partial charge in [-0.25, -0.2) is 0 Å². The molecule has 0 bridgehead atoms. The molecule has 4 nitrogen and oxygen atoms in total. The van der Waals surface area contributed by atoms with Crippen molar-refractivity contribution in [2.24, 2.45) is 11.8 Å². The number of hydrogen-bond donors (Lipinski definition) is 2. The first-order valence-electron chi connectivity index (χ1n) is 11.2. The highest BCUT2D eigenvalue weighted by molar-refractivity contribution is 5.85. The predicted octanol–water partition coefficient (Wildman–Crippen LogP) is 4.48. The van der Waals surface area contributed by atoms with Gasteiger partial charge in [0.15, 0.2) is 0 Å². The molecule has 0 atom stereocenters. The zero-order valence-electron chi connectivity index (χ0n) is 17.5. The van der Waals surface area contributed by atoms with Crippen LogP contribution < -0.4 is 0 Å². The van der Waals surface area contributed by atoms with Gasteiger partial charge in [0.05, 0.1) is 18.9 Å². The minimum absolute atomic E-state index is 0.00992. The third kappa shape index (κ3) is 3.62. The summed E-state index contributed by atoms with van der Waals surface area (Å²) in [5, 5.41) is 21.0. The first kappa shape index (κ1) is 19.9. The Balaban J connectivity index is 1.47. The van der Waals surface area contributed by atoms with E-state index >= 15 is 0 Å². The first-order chi connectivity index (χ1) is 13.6. The van der Waals surface area contributed by atoms with Gasteiger partial charge in [-0.1, -0.05) is 32.0 Å². The molecule has 1 saturated heterocycles. The first-order valence-corrected chi connectivity index (χ1v) is 11.2. The second-order valence-corrected chi connectivity index (χ2v) is 9.21. The van der Waals surface area contributed by atoms with Crippen molar-refractivity contribution in [3.63, 3.8) is 0 Å². The molecule has 0 amide bonds. The molecule has 1 aliphatic heterocycles. The van der Waals surface area contributed by atoms with Crippen LogP contribution >= 0.6 is 0 Å². The maximum absolute atomic E-state index is 10.0. The van der Waals surface area contributed by atoms with Crippen LogP contribution in [0.15, 0.2) is 24.3 Å². The highest BCUT2D eigenvalue weighted by Gasteiger charge is 2.31. The van der Waals surface area contributed by atoms with E-state index in [1.165, 1.54) is 25.7 Å². The molecule has 2 heterocycles. The summed E-state index contributed by atoms with van der Waals surface area (Å²) in [5.74, 6) is 1.75. The van der Waals surface area contributed by atoms with E-state index in [1.807, 2.05) is 6.07 Å². The monoisotopic (exact) mass is 384 g/mol. The molecular formula is C24H36N2O2. The molecule has 1 saturated carbocycles. The second kappa shape index (κ2) is 8.56. The number of rotatable bonds is 5. The topological polar surface area (TPSA) is 48.6 Å². The molecule has 2 aliphatic rings. The van der Waals surface area contributed by atoms with Gasteiger partial charge in [-0.2, -0.15) is 0 Å². The Morgan fingerprint density at radius 2 is 1.57 bits per heavy atom. The van der Waals surface area contributed by atoms with E-state index in [-0.39, 0.29) is 13.2 Å². The van der Waals surface area contributed by atoms with Crippen molar-refractivity contribution in [1.82, 2.24) is 9.47 Å². The van der Waals surface area contributed by atoms with Crippen molar-refractivity contribution in [2.45, 2.75) is 77.7 Å². The molecule has 0 radical (unpaired) electrons. The lowest BCUT2D eigenvalue weighted by atomic mass is 9.79. The summed E-state index contributed by atoms with van der Waals surface area (Å²) in [6.45, 7) is 7.01. The summed E-state index contributed by atoms with van der Waals surface area (Å²) < 4.78 is 2.33. The van der Waals surface area contributed by atoms with Crippen LogP contribution in [0.1, 0.15) is 69.7 Å². The maximum Gasteiger partial charge on any atom is 0.0837 e. The quantitative estimate of drug-likeness (QED) is 0.799. The van der Waals surface area contributed by atoms with Crippen LogP contribution in [0.2, 0.25) is 0 Å². The molecule has 1 aromatic heterocycles. The molecule has 0 unspecified atom stereocenters.